The first kappa shape index (κ1) is 24.4. The van der Waals surface area contributed by atoms with Gasteiger partial charge in [0, 0.05) is 34.1 Å². The van der Waals surface area contributed by atoms with Crippen LogP contribution in [-0.2, 0) is 17.9 Å². The van der Waals surface area contributed by atoms with E-state index in [2.05, 4.69) is 30.7 Å². The van der Waals surface area contributed by atoms with Crippen LogP contribution in [0, 0.1) is 0 Å². The van der Waals surface area contributed by atoms with Crippen molar-refractivity contribution in [3.05, 3.63) is 60.7 Å². The molecule has 0 unspecified atom stereocenters. The van der Waals surface area contributed by atoms with Crippen LogP contribution in [0.4, 0.5) is 0 Å². The van der Waals surface area contributed by atoms with E-state index in [0.29, 0.717) is 18.8 Å². The molecule has 0 aliphatic rings. The van der Waals surface area contributed by atoms with Gasteiger partial charge in [0.25, 0.3) is 0 Å². The molecule has 0 fully saturated rings. The number of rotatable bonds is 9. The highest BCUT2D eigenvalue weighted by atomic mass is 32.3. The molecule has 1 aromatic carbocycles. The van der Waals surface area contributed by atoms with Gasteiger partial charge >= 0.3 is 7.12 Å². The summed E-state index contributed by atoms with van der Waals surface area (Å²) in [6, 6.07) is 13.7. The van der Waals surface area contributed by atoms with Crippen molar-refractivity contribution >= 4 is 33.5 Å². The minimum absolute atomic E-state index is 0.351. The summed E-state index contributed by atoms with van der Waals surface area (Å²) in [7, 11) is -2.20. The van der Waals surface area contributed by atoms with Crippen LogP contribution < -0.4 is 5.46 Å². The lowest BCUT2D eigenvalue weighted by Crippen LogP contribution is -2.29. The quantitative estimate of drug-likeness (QED) is 0.284. The Morgan fingerprint density at radius 1 is 1.06 bits per heavy atom. The molecule has 3 heterocycles. The van der Waals surface area contributed by atoms with Crippen LogP contribution in [0.15, 0.2) is 55.0 Å². The van der Waals surface area contributed by atoms with E-state index >= 15 is 0 Å². The SMILES string of the molecule is CCc1cccc(-c2ncn(COCCS(C)(C)C)c2-c2ccc3ncc(B(O)O)cc3c2)n1. The number of benzene rings is 1. The first-order chi connectivity index (χ1) is 16.2. The van der Waals surface area contributed by atoms with Gasteiger partial charge in [-0.25, -0.2) is 15.0 Å². The molecule has 0 aliphatic carbocycles. The highest BCUT2D eigenvalue weighted by Gasteiger charge is 2.18. The molecule has 4 aromatic rings. The third kappa shape index (κ3) is 5.67. The Hall–Kier alpha value is -2.72. The molecule has 3 aromatic heterocycles. The topological polar surface area (TPSA) is 93.3 Å². The Morgan fingerprint density at radius 3 is 2.62 bits per heavy atom. The van der Waals surface area contributed by atoms with Gasteiger partial charge in [0.1, 0.15) is 12.4 Å². The predicted octanol–water partition coefficient (Wildman–Crippen LogP) is 3.07. The van der Waals surface area contributed by atoms with Gasteiger partial charge in [0.15, 0.2) is 0 Å². The number of ether oxygens (including phenoxy) is 1. The van der Waals surface area contributed by atoms with Crippen LogP contribution in [-0.4, -0.2) is 67.8 Å². The van der Waals surface area contributed by atoms with Crippen LogP contribution >= 0.6 is 10.0 Å². The van der Waals surface area contributed by atoms with Crippen LogP contribution in [0.5, 0.6) is 0 Å². The lowest BCUT2D eigenvalue weighted by Gasteiger charge is -2.24. The maximum Gasteiger partial charge on any atom is 0.490 e. The van der Waals surface area contributed by atoms with E-state index in [-0.39, 0.29) is 0 Å². The van der Waals surface area contributed by atoms with Crippen LogP contribution in [0.1, 0.15) is 12.6 Å². The zero-order chi connectivity index (χ0) is 24.3. The Bertz CT molecular complexity index is 1290. The minimum atomic E-state index is -1.57. The molecular formula is C25H31BN4O3S. The first-order valence-electron chi connectivity index (χ1n) is 11.3. The van der Waals surface area contributed by atoms with Gasteiger partial charge in [-0.2, -0.15) is 0 Å². The third-order valence-electron chi connectivity index (χ3n) is 5.59. The number of pyridine rings is 2. The molecule has 4 rings (SSSR count). The maximum atomic E-state index is 9.58. The van der Waals surface area contributed by atoms with Crippen LogP contribution in [0.2, 0.25) is 0 Å². The molecule has 0 bridgehead atoms. The zero-order valence-electron chi connectivity index (χ0n) is 20.1. The van der Waals surface area contributed by atoms with Gasteiger partial charge in [-0.05, 0) is 49.5 Å². The Balaban J connectivity index is 1.77. The summed E-state index contributed by atoms with van der Waals surface area (Å²) < 4.78 is 8.04. The molecule has 0 atom stereocenters. The van der Waals surface area contributed by atoms with Gasteiger partial charge in [0.05, 0.1) is 29.8 Å². The smallest absolute Gasteiger partial charge is 0.423 e. The second-order valence-electron chi connectivity index (χ2n) is 9.16. The van der Waals surface area contributed by atoms with Gasteiger partial charge < -0.3 is 19.4 Å². The molecule has 9 heteroatoms. The molecule has 0 spiro atoms. The van der Waals surface area contributed by atoms with Gasteiger partial charge in [-0.3, -0.25) is 9.97 Å². The van der Waals surface area contributed by atoms with Crippen molar-refractivity contribution in [3.8, 4) is 22.6 Å². The van der Waals surface area contributed by atoms with Crippen molar-refractivity contribution in [2.45, 2.75) is 20.1 Å². The summed E-state index contributed by atoms with van der Waals surface area (Å²) in [6.07, 6.45) is 11.0. The average Bonchev–Trinajstić information content (AvgIpc) is 3.24. The van der Waals surface area contributed by atoms with E-state index in [9.17, 15) is 10.0 Å². The number of aromatic nitrogens is 4. The molecule has 0 aliphatic heterocycles. The fraction of sp³-hybridized carbons (Fsp3) is 0.320. The Labute approximate surface area is 202 Å². The highest BCUT2D eigenvalue weighted by molar-refractivity contribution is 8.32. The molecule has 0 radical (unpaired) electrons. The summed E-state index contributed by atoms with van der Waals surface area (Å²) in [5.74, 6) is 1.04. The van der Waals surface area contributed by atoms with Crippen molar-refractivity contribution < 1.29 is 14.8 Å². The molecule has 178 valence electrons. The van der Waals surface area contributed by atoms with Crippen LogP contribution in [0.25, 0.3) is 33.5 Å². The summed E-state index contributed by atoms with van der Waals surface area (Å²) in [5, 5.41) is 20.0. The van der Waals surface area contributed by atoms with Crippen molar-refractivity contribution in [3.63, 3.8) is 0 Å². The first-order valence-corrected chi connectivity index (χ1v) is 14.3. The van der Waals surface area contributed by atoms with E-state index in [0.717, 1.165) is 51.4 Å². The lowest BCUT2D eigenvalue weighted by atomic mass is 9.81. The third-order valence-corrected chi connectivity index (χ3v) is 6.99. The molecule has 0 saturated carbocycles. The zero-order valence-corrected chi connectivity index (χ0v) is 20.9. The largest absolute Gasteiger partial charge is 0.490 e. The minimum Gasteiger partial charge on any atom is -0.423 e. The van der Waals surface area contributed by atoms with E-state index in [4.69, 9.17) is 14.7 Å². The molecular weight excluding hydrogens is 447 g/mol. The normalized spacial score (nSPS) is 12.3. The molecule has 2 N–H and O–H groups in total. The van der Waals surface area contributed by atoms with E-state index in [1.54, 1.807) is 12.4 Å². The maximum absolute atomic E-state index is 9.58. The fourth-order valence-corrected chi connectivity index (χ4v) is 4.31. The van der Waals surface area contributed by atoms with Crippen molar-refractivity contribution in [1.29, 1.82) is 0 Å². The summed E-state index contributed by atoms with van der Waals surface area (Å²) in [6.45, 7) is 3.16. The van der Waals surface area contributed by atoms with Crippen molar-refractivity contribution in [2.75, 3.05) is 31.1 Å². The summed E-state index contributed by atoms with van der Waals surface area (Å²) in [5.41, 5.74) is 5.56. The summed E-state index contributed by atoms with van der Waals surface area (Å²) >= 11 is 0. The Kier molecular flexibility index (Phi) is 7.37. The molecule has 0 amide bonds. The molecule has 34 heavy (non-hydrogen) atoms. The summed E-state index contributed by atoms with van der Waals surface area (Å²) in [4.78, 5) is 13.9. The number of hydrogen-bond donors (Lipinski definition) is 2. The lowest BCUT2D eigenvalue weighted by molar-refractivity contribution is 0.0907. The highest BCUT2D eigenvalue weighted by Crippen LogP contribution is 2.34. The second kappa shape index (κ2) is 10.3. The van der Waals surface area contributed by atoms with Gasteiger partial charge in [0.2, 0.25) is 0 Å². The number of fused-ring (bicyclic) bond motifs is 1. The monoisotopic (exact) mass is 478 g/mol. The Morgan fingerprint density at radius 2 is 1.88 bits per heavy atom. The standard InChI is InChI=1S/C25H31BN4O3S/c1-5-21-7-6-8-23(29-21)24-25(30(16-28-24)17-33-11-12-34(2,3)4)18-9-10-22-19(13-18)14-20(15-27-22)26(31)32/h6-10,13-16,31-32H,5,11-12,17H2,1-4H3. The average molecular weight is 478 g/mol. The number of nitrogens with zero attached hydrogens (tertiary/aromatic N) is 4. The van der Waals surface area contributed by atoms with E-state index in [1.807, 2.05) is 41.0 Å². The number of aryl methyl sites for hydroxylation is 1. The fourth-order valence-electron chi connectivity index (χ4n) is 3.69. The molecule has 7 nitrogen and oxygen atoms in total. The van der Waals surface area contributed by atoms with E-state index < -0.39 is 17.1 Å². The van der Waals surface area contributed by atoms with Crippen LogP contribution in [0.3, 0.4) is 0 Å². The number of imidazole rings is 1. The molecule has 0 saturated heterocycles. The van der Waals surface area contributed by atoms with Gasteiger partial charge in [-0.15, -0.1) is 0 Å². The predicted molar refractivity (Wildman–Crippen MR) is 142 cm³/mol. The van der Waals surface area contributed by atoms with Crippen molar-refractivity contribution in [2.24, 2.45) is 0 Å². The second-order valence-corrected chi connectivity index (χ2v) is 13.8. The number of hydrogen-bond acceptors (Lipinski definition) is 6. The van der Waals surface area contributed by atoms with Crippen molar-refractivity contribution in [1.82, 2.24) is 19.5 Å². The van der Waals surface area contributed by atoms with E-state index in [1.165, 1.54) is 6.20 Å². The van der Waals surface area contributed by atoms with Gasteiger partial charge in [-0.1, -0.05) is 25.1 Å².